The van der Waals surface area contributed by atoms with Gasteiger partial charge in [0.15, 0.2) is 5.43 Å². The number of benzene rings is 1. The second kappa shape index (κ2) is 7.22. The molecule has 0 spiro atoms. The molecule has 5 heteroatoms. The van der Waals surface area contributed by atoms with Crippen molar-refractivity contribution in [2.45, 2.75) is 32.9 Å². The van der Waals surface area contributed by atoms with E-state index >= 15 is 0 Å². The predicted octanol–water partition coefficient (Wildman–Crippen LogP) is 1.52. The maximum absolute atomic E-state index is 12.2. The molecule has 0 bridgehead atoms. The van der Waals surface area contributed by atoms with Gasteiger partial charge in [-0.2, -0.15) is 0 Å². The van der Waals surface area contributed by atoms with Gasteiger partial charge in [-0.25, -0.2) is 0 Å². The van der Waals surface area contributed by atoms with E-state index in [2.05, 4.69) is 5.32 Å². The summed E-state index contributed by atoms with van der Waals surface area (Å²) < 4.78 is 1.75. The van der Waals surface area contributed by atoms with Crippen LogP contribution in [-0.4, -0.2) is 28.2 Å². The number of carbonyl (C=O) groups is 1. The zero-order valence-electron chi connectivity index (χ0n) is 13.0. The van der Waals surface area contributed by atoms with E-state index in [-0.39, 0.29) is 30.5 Å². The van der Waals surface area contributed by atoms with Crippen LogP contribution in [0, 0.1) is 5.92 Å². The minimum absolute atomic E-state index is 0.0553. The third-order valence-electron chi connectivity index (χ3n) is 3.54. The first-order chi connectivity index (χ1) is 10.5. The number of carbonyl (C=O) groups excluding carboxylic acids is 1. The summed E-state index contributed by atoms with van der Waals surface area (Å²) in [6, 6.07) is 8.44. The van der Waals surface area contributed by atoms with Crippen molar-refractivity contribution in [3.8, 4) is 0 Å². The molecule has 0 aliphatic carbocycles. The second-order valence-electron chi connectivity index (χ2n) is 5.90. The Kier molecular flexibility index (Phi) is 5.33. The van der Waals surface area contributed by atoms with Crippen LogP contribution in [0.3, 0.4) is 0 Å². The molecule has 2 aromatic rings. The highest BCUT2D eigenvalue weighted by atomic mass is 16.3. The Balaban J connectivity index is 2.15. The summed E-state index contributed by atoms with van der Waals surface area (Å²) in [4.78, 5) is 24.0. The van der Waals surface area contributed by atoms with Crippen molar-refractivity contribution in [1.29, 1.82) is 0 Å². The number of fused-ring (bicyclic) bond motifs is 1. The van der Waals surface area contributed by atoms with Gasteiger partial charge in [-0.1, -0.05) is 26.0 Å². The summed E-state index contributed by atoms with van der Waals surface area (Å²) in [7, 11) is 0. The quantitative estimate of drug-likeness (QED) is 0.850. The molecule has 0 saturated carbocycles. The number of para-hydroxylation sites is 1. The monoisotopic (exact) mass is 302 g/mol. The van der Waals surface area contributed by atoms with Gasteiger partial charge in [0.05, 0.1) is 18.2 Å². The van der Waals surface area contributed by atoms with Crippen LogP contribution in [0.1, 0.15) is 20.3 Å². The van der Waals surface area contributed by atoms with Gasteiger partial charge in [0.25, 0.3) is 0 Å². The van der Waals surface area contributed by atoms with Gasteiger partial charge >= 0.3 is 0 Å². The normalized spacial score (nSPS) is 12.5. The lowest BCUT2D eigenvalue weighted by Gasteiger charge is -2.19. The molecule has 1 heterocycles. The molecule has 1 unspecified atom stereocenters. The second-order valence-corrected chi connectivity index (χ2v) is 5.90. The predicted molar refractivity (Wildman–Crippen MR) is 86.7 cm³/mol. The third-order valence-corrected chi connectivity index (χ3v) is 3.54. The Morgan fingerprint density at radius 2 is 2.00 bits per heavy atom. The molecule has 1 atom stereocenters. The van der Waals surface area contributed by atoms with Crippen LogP contribution < -0.4 is 10.7 Å². The molecule has 0 radical (unpaired) electrons. The fourth-order valence-corrected chi connectivity index (χ4v) is 2.57. The van der Waals surface area contributed by atoms with E-state index in [1.54, 1.807) is 22.9 Å². The number of nitrogens with zero attached hydrogens (tertiary/aromatic N) is 1. The minimum atomic E-state index is -0.238. The van der Waals surface area contributed by atoms with Gasteiger partial charge in [0, 0.05) is 17.6 Å². The van der Waals surface area contributed by atoms with Gasteiger partial charge in [-0.3, -0.25) is 9.59 Å². The molecule has 2 rings (SSSR count). The van der Waals surface area contributed by atoms with E-state index in [0.717, 1.165) is 11.9 Å². The third kappa shape index (κ3) is 3.95. The van der Waals surface area contributed by atoms with E-state index in [0.29, 0.717) is 11.3 Å². The van der Waals surface area contributed by atoms with Crippen LogP contribution in [0.2, 0.25) is 0 Å². The maximum Gasteiger partial charge on any atom is 0.240 e. The molecule has 0 aliphatic heterocycles. The number of rotatable bonds is 6. The van der Waals surface area contributed by atoms with Crippen LogP contribution in [0.15, 0.2) is 41.3 Å². The molecule has 5 nitrogen and oxygen atoms in total. The summed E-state index contributed by atoms with van der Waals surface area (Å²) in [5.74, 6) is 0.221. The van der Waals surface area contributed by atoms with Crippen LogP contribution >= 0.6 is 0 Å². The van der Waals surface area contributed by atoms with Gasteiger partial charge in [0.2, 0.25) is 5.91 Å². The summed E-state index contributed by atoms with van der Waals surface area (Å²) in [6.07, 6.45) is 2.35. The number of hydrogen-bond acceptors (Lipinski definition) is 3. The number of amides is 1. The van der Waals surface area contributed by atoms with Crippen LogP contribution in [0.25, 0.3) is 10.9 Å². The van der Waals surface area contributed by atoms with E-state index in [9.17, 15) is 14.7 Å². The Morgan fingerprint density at radius 3 is 2.68 bits per heavy atom. The minimum Gasteiger partial charge on any atom is -0.394 e. The number of aromatic nitrogens is 1. The van der Waals surface area contributed by atoms with Gasteiger partial charge in [-0.05, 0) is 24.5 Å². The molecule has 1 aromatic carbocycles. The van der Waals surface area contributed by atoms with Crippen LogP contribution in [-0.2, 0) is 11.3 Å². The van der Waals surface area contributed by atoms with Crippen molar-refractivity contribution >= 4 is 16.8 Å². The summed E-state index contributed by atoms with van der Waals surface area (Å²) in [5, 5.41) is 12.8. The molecule has 2 N–H and O–H groups in total. The van der Waals surface area contributed by atoms with Crippen LogP contribution in [0.4, 0.5) is 0 Å². The van der Waals surface area contributed by atoms with Gasteiger partial charge in [0.1, 0.15) is 6.54 Å². The smallest absolute Gasteiger partial charge is 0.240 e. The number of aliphatic hydroxyl groups is 1. The summed E-state index contributed by atoms with van der Waals surface area (Å²) in [6.45, 7) is 4.14. The van der Waals surface area contributed by atoms with E-state index in [1.807, 2.05) is 26.0 Å². The number of hydrogen-bond donors (Lipinski definition) is 2. The first-order valence-electron chi connectivity index (χ1n) is 7.49. The maximum atomic E-state index is 12.2. The lowest BCUT2D eigenvalue weighted by Crippen LogP contribution is -2.40. The number of nitrogens with one attached hydrogen (secondary N) is 1. The molecule has 0 saturated heterocycles. The molecule has 0 fully saturated rings. The summed E-state index contributed by atoms with van der Waals surface area (Å²) in [5.41, 5.74) is 0.676. The van der Waals surface area contributed by atoms with Gasteiger partial charge < -0.3 is 15.0 Å². The molecule has 1 aromatic heterocycles. The Hall–Kier alpha value is -2.14. The highest BCUT2D eigenvalue weighted by Gasteiger charge is 2.14. The van der Waals surface area contributed by atoms with E-state index in [1.165, 1.54) is 6.07 Å². The number of pyridine rings is 1. The highest BCUT2D eigenvalue weighted by Crippen LogP contribution is 2.09. The first kappa shape index (κ1) is 16.2. The SMILES string of the molecule is CC(C)CC(CO)NC(=O)Cn1ccc(=O)c2ccccc21. The highest BCUT2D eigenvalue weighted by molar-refractivity contribution is 5.82. The molecule has 1 amide bonds. The topological polar surface area (TPSA) is 71.3 Å². The summed E-state index contributed by atoms with van der Waals surface area (Å²) >= 11 is 0. The number of aliphatic hydroxyl groups excluding tert-OH is 1. The van der Waals surface area contributed by atoms with E-state index < -0.39 is 0 Å². The lowest BCUT2D eigenvalue weighted by molar-refractivity contribution is -0.122. The first-order valence-corrected chi connectivity index (χ1v) is 7.49. The average Bonchev–Trinajstić information content (AvgIpc) is 2.49. The standard InChI is InChI=1S/C17H22N2O3/c1-12(2)9-13(11-20)18-17(22)10-19-8-7-16(21)14-5-3-4-6-15(14)19/h3-8,12-13,20H,9-11H2,1-2H3,(H,18,22). The van der Waals surface area contributed by atoms with Crippen molar-refractivity contribution < 1.29 is 9.90 Å². The Labute approximate surface area is 129 Å². The Bertz CT molecular complexity index is 706. The molecule has 0 aliphatic rings. The van der Waals surface area contributed by atoms with Crippen molar-refractivity contribution in [2.24, 2.45) is 5.92 Å². The molecule has 118 valence electrons. The van der Waals surface area contributed by atoms with Gasteiger partial charge in [-0.15, -0.1) is 0 Å². The van der Waals surface area contributed by atoms with E-state index in [4.69, 9.17) is 0 Å². The van der Waals surface area contributed by atoms with Crippen molar-refractivity contribution in [3.05, 3.63) is 46.8 Å². The molecular formula is C17H22N2O3. The Morgan fingerprint density at radius 1 is 1.27 bits per heavy atom. The largest absolute Gasteiger partial charge is 0.394 e. The lowest BCUT2D eigenvalue weighted by atomic mass is 10.0. The zero-order valence-corrected chi connectivity index (χ0v) is 13.0. The fourth-order valence-electron chi connectivity index (χ4n) is 2.57. The van der Waals surface area contributed by atoms with Crippen molar-refractivity contribution in [3.63, 3.8) is 0 Å². The fraction of sp³-hybridized carbons (Fsp3) is 0.412. The average molecular weight is 302 g/mol. The molecular weight excluding hydrogens is 280 g/mol. The van der Waals surface area contributed by atoms with Crippen LogP contribution in [0.5, 0.6) is 0 Å². The molecule has 22 heavy (non-hydrogen) atoms. The zero-order chi connectivity index (χ0) is 16.1. The van der Waals surface area contributed by atoms with Crippen molar-refractivity contribution in [1.82, 2.24) is 9.88 Å². The van der Waals surface area contributed by atoms with Crippen molar-refractivity contribution in [2.75, 3.05) is 6.61 Å².